The molecule has 0 bridgehead atoms. The van der Waals surface area contributed by atoms with Crippen molar-refractivity contribution in [3.63, 3.8) is 0 Å². The summed E-state index contributed by atoms with van der Waals surface area (Å²) in [5.74, 6) is 1.75. The molecule has 3 aromatic carbocycles. The first-order valence-corrected chi connectivity index (χ1v) is 15.4. The third-order valence-electron chi connectivity index (χ3n) is 8.66. The van der Waals surface area contributed by atoms with Gasteiger partial charge in [0.1, 0.15) is 5.82 Å². The van der Waals surface area contributed by atoms with E-state index in [0.29, 0.717) is 19.6 Å². The van der Waals surface area contributed by atoms with Crippen LogP contribution in [0.25, 0.3) is 27.5 Å². The van der Waals surface area contributed by atoms with Gasteiger partial charge in [-0.25, -0.2) is 4.98 Å². The third kappa shape index (κ3) is 6.42. The zero-order valence-corrected chi connectivity index (χ0v) is 25.1. The summed E-state index contributed by atoms with van der Waals surface area (Å²) in [6.07, 6.45) is 6.18. The summed E-state index contributed by atoms with van der Waals surface area (Å²) >= 11 is 0. The first-order valence-electron chi connectivity index (χ1n) is 15.4. The molecular formula is C36H40N4O3. The number of rotatable bonds is 10. The average molecular weight is 577 g/mol. The van der Waals surface area contributed by atoms with Crippen LogP contribution in [0.4, 0.5) is 0 Å². The molecule has 6 rings (SSSR count). The number of imidazole rings is 1. The van der Waals surface area contributed by atoms with Gasteiger partial charge in [-0.1, -0.05) is 55.5 Å². The number of pyridine rings is 1. The van der Waals surface area contributed by atoms with Crippen LogP contribution in [0, 0.1) is 5.92 Å². The predicted octanol–water partition coefficient (Wildman–Crippen LogP) is 6.35. The molecule has 7 heteroatoms. The van der Waals surface area contributed by atoms with E-state index in [9.17, 15) is 9.59 Å². The van der Waals surface area contributed by atoms with Crippen LogP contribution in [-0.2, 0) is 22.5 Å². The first-order chi connectivity index (χ1) is 21.0. The van der Waals surface area contributed by atoms with Crippen molar-refractivity contribution in [1.82, 2.24) is 19.0 Å². The van der Waals surface area contributed by atoms with Gasteiger partial charge in [0.2, 0.25) is 5.91 Å². The highest BCUT2D eigenvalue weighted by Gasteiger charge is 2.29. The minimum atomic E-state index is -0.0456. The Labute approximate surface area is 252 Å². The molecule has 1 fully saturated rings. The van der Waals surface area contributed by atoms with Gasteiger partial charge in [0, 0.05) is 63.6 Å². The molecule has 5 aromatic rings. The van der Waals surface area contributed by atoms with E-state index in [2.05, 4.69) is 46.7 Å². The molecule has 7 nitrogen and oxygen atoms in total. The van der Waals surface area contributed by atoms with Crippen LogP contribution < -0.4 is 5.56 Å². The molecule has 0 spiro atoms. The number of likely N-dealkylation sites (tertiary alicyclic amines) is 1. The molecule has 0 radical (unpaired) electrons. The fourth-order valence-electron chi connectivity index (χ4n) is 6.48. The summed E-state index contributed by atoms with van der Waals surface area (Å²) < 4.78 is 9.34. The second-order valence-electron chi connectivity index (χ2n) is 11.9. The standard InChI is InChI=1S/C36H40N4O3/c1-26(21-27-14-16-31(17-15-27)40-25-29-10-4-3-9-28(29)23-35(40)42)22-34(41)38-18-7-11-30(24-38)36-37-32-12-5-6-13-33(32)39(36)19-8-20-43-2/h3-6,9-10,12-17,23,25-26,30H,7-8,11,18-22,24H2,1-2H3/t26-,30-/m1/s1. The molecule has 0 N–H and O–H groups in total. The Hall–Kier alpha value is -4.23. The molecule has 1 saturated heterocycles. The van der Waals surface area contributed by atoms with Crippen molar-refractivity contribution in [3.05, 3.63) is 107 Å². The smallest absolute Gasteiger partial charge is 0.255 e. The van der Waals surface area contributed by atoms with Crippen LogP contribution in [0.3, 0.4) is 0 Å². The monoisotopic (exact) mass is 576 g/mol. The molecule has 0 saturated carbocycles. The van der Waals surface area contributed by atoms with Crippen molar-refractivity contribution in [3.8, 4) is 5.69 Å². The molecule has 1 aliphatic rings. The van der Waals surface area contributed by atoms with Crippen LogP contribution in [0.5, 0.6) is 0 Å². The quantitative estimate of drug-likeness (QED) is 0.182. The number of hydrogen-bond acceptors (Lipinski definition) is 4. The van der Waals surface area contributed by atoms with Crippen molar-refractivity contribution in [2.75, 3.05) is 26.8 Å². The molecule has 2 atom stereocenters. The highest BCUT2D eigenvalue weighted by Crippen LogP contribution is 2.30. The van der Waals surface area contributed by atoms with E-state index in [1.54, 1.807) is 17.7 Å². The van der Waals surface area contributed by atoms with Gasteiger partial charge < -0.3 is 14.2 Å². The average Bonchev–Trinajstić information content (AvgIpc) is 3.40. The van der Waals surface area contributed by atoms with Gasteiger partial charge in [-0.2, -0.15) is 0 Å². The number of amides is 1. The van der Waals surface area contributed by atoms with E-state index >= 15 is 0 Å². The summed E-state index contributed by atoms with van der Waals surface area (Å²) in [6, 6.07) is 26.0. The fourth-order valence-corrected chi connectivity index (χ4v) is 6.48. The molecule has 2 aromatic heterocycles. The predicted molar refractivity (Wildman–Crippen MR) is 172 cm³/mol. The Bertz CT molecular complexity index is 1770. The second kappa shape index (κ2) is 13.0. The topological polar surface area (TPSA) is 69.4 Å². The van der Waals surface area contributed by atoms with Crippen molar-refractivity contribution in [2.24, 2.45) is 5.92 Å². The number of aryl methyl sites for hydroxylation is 1. The lowest BCUT2D eigenvalue weighted by Gasteiger charge is -2.33. The van der Waals surface area contributed by atoms with Gasteiger partial charge in [-0.05, 0) is 72.2 Å². The van der Waals surface area contributed by atoms with E-state index in [1.807, 2.05) is 48.7 Å². The Morgan fingerprint density at radius 2 is 1.79 bits per heavy atom. The lowest BCUT2D eigenvalue weighted by Crippen LogP contribution is -2.40. The van der Waals surface area contributed by atoms with Gasteiger partial charge in [-0.3, -0.25) is 14.2 Å². The maximum Gasteiger partial charge on any atom is 0.255 e. The number of carbonyl (C=O) groups excluding carboxylic acids is 1. The molecule has 1 aliphatic heterocycles. The second-order valence-corrected chi connectivity index (χ2v) is 11.9. The van der Waals surface area contributed by atoms with Crippen LogP contribution in [-0.4, -0.2) is 51.7 Å². The van der Waals surface area contributed by atoms with Gasteiger partial charge in [0.15, 0.2) is 0 Å². The normalized spacial score (nSPS) is 16.1. The van der Waals surface area contributed by atoms with E-state index < -0.39 is 0 Å². The van der Waals surface area contributed by atoms with Crippen LogP contribution in [0.15, 0.2) is 89.9 Å². The van der Waals surface area contributed by atoms with Gasteiger partial charge in [0.25, 0.3) is 5.56 Å². The van der Waals surface area contributed by atoms with Crippen LogP contribution >= 0.6 is 0 Å². The number of methoxy groups -OCH3 is 1. The molecule has 3 heterocycles. The van der Waals surface area contributed by atoms with Crippen molar-refractivity contribution >= 4 is 27.7 Å². The van der Waals surface area contributed by atoms with E-state index in [-0.39, 0.29) is 23.3 Å². The minimum absolute atomic E-state index is 0.0456. The Morgan fingerprint density at radius 3 is 2.60 bits per heavy atom. The van der Waals surface area contributed by atoms with Gasteiger partial charge in [0.05, 0.1) is 11.0 Å². The zero-order valence-electron chi connectivity index (χ0n) is 25.1. The Morgan fingerprint density at radius 1 is 1.02 bits per heavy atom. The highest BCUT2D eigenvalue weighted by molar-refractivity contribution is 5.81. The molecule has 1 amide bonds. The molecule has 0 unspecified atom stereocenters. The Balaban J connectivity index is 1.09. The largest absolute Gasteiger partial charge is 0.385 e. The maximum absolute atomic E-state index is 13.5. The van der Waals surface area contributed by atoms with Gasteiger partial charge in [-0.15, -0.1) is 0 Å². The summed E-state index contributed by atoms with van der Waals surface area (Å²) in [5.41, 5.74) is 4.14. The van der Waals surface area contributed by atoms with Crippen molar-refractivity contribution in [2.45, 2.75) is 51.5 Å². The van der Waals surface area contributed by atoms with E-state index in [4.69, 9.17) is 9.72 Å². The lowest BCUT2D eigenvalue weighted by molar-refractivity contribution is -0.133. The molecular weight excluding hydrogens is 536 g/mol. The number of para-hydroxylation sites is 2. The summed E-state index contributed by atoms with van der Waals surface area (Å²) in [4.78, 5) is 33.3. The Kier molecular flexibility index (Phi) is 8.70. The SMILES string of the molecule is COCCCn1c([C@@H]2CCCN(C(=O)C[C@H](C)Cc3ccc(-n4cc5ccccc5cc4=O)cc3)C2)nc2ccccc21. The maximum atomic E-state index is 13.5. The molecule has 0 aliphatic carbocycles. The van der Waals surface area contributed by atoms with Crippen LogP contribution in [0.2, 0.25) is 0 Å². The van der Waals surface area contributed by atoms with E-state index in [0.717, 1.165) is 72.1 Å². The number of benzene rings is 3. The summed E-state index contributed by atoms with van der Waals surface area (Å²) in [7, 11) is 1.74. The van der Waals surface area contributed by atoms with Crippen molar-refractivity contribution < 1.29 is 9.53 Å². The minimum Gasteiger partial charge on any atom is -0.385 e. The van der Waals surface area contributed by atoms with Gasteiger partial charge >= 0.3 is 0 Å². The number of fused-ring (bicyclic) bond motifs is 2. The van der Waals surface area contributed by atoms with Crippen LogP contribution in [0.1, 0.15) is 49.9 Å². The molecule has 222 valence electrons. The zero-order chi connectivity index (χ0) is 29.8. The summed E-state index contributed by atoms with van der Waals surface area (Å²) in [5, 5.41) is 1.97. The summed E-state index contributed by atoms with van der Waals surface area (Å²) in [6.45, 7) is 5.25. The first kappa shape index (κ1) is 28.9. The number of carbonyl (C=O) groups is 1. The molecule has 43 heavy (non-hydrogen) atoms. The number of hydrogen-bond donors (Lipinski definition) is 0. The number of ether oxygens (including phenoxy) is 1. The number of aromatic nitrogens is 3. The highest BCUT2D eigenvalue weighted by atomic mass is 16.5. The fraction of sp³-hybridized carbons (Fsp3) is 0.361. The lowest BCUT2D eigenvalue weighted by atomic mass is 9.94. The number of nitrogens with zero attached hydrogens (tertiary/aromatic N) is 4. The van der Waals surface area contributed by atoms with E-state index in [1.165, 1.54) is 5.56 Å². The number of piperidine rings is 1. The third-order valence-corrected chi connectivity index (χ3v) is 8.66. The van der Waals surface area contributed by atoms with Crippen molar-refractivity contribution in [1.29, 1.82) is 0 Å².